The summed E-state index contributed by atoms with van der Waals surface area (Å²) >= 11 is 11.9. The molecule has 1 heterocycles. The number of sulfonamides is 1. The van der Waals surface area contributed by atoms with E-state index in [1.807, 2.05) is 0 Å². The second-order valence-corrected chi connectivity index (χ2v) is 7.65. The van der Waals surface area contributed by atoms with Gasteiger partial charge in [-0.25, -0.2) is 23.1 Å². The smallest absolute Gasteiger partial charge is 0.242 e. The lowest BCUT2D eigenvalue weighted by Gasteiger charge is -2.12. The number of nitrogens with one attached hydrogen (secondary N) is 1. The van der Waals surface area contributed by atoms with E-state index >= 15 is 0 Å². The third kappa shape index (κ3) is 4.32. The van der Waals surface area contributed by atoms with Crippen molar-refractivity contribution in [3.8, 4) is 0 Å². The molecule has 0 fully saturated rings. The minimum atomic E-state index is -3.78. The van der Waals surface area contributed by atoms with Crippen LogP contribution in [-0.2, 0) is 16.6 Å². The van der Waals surface area contributed by atoms with Crippen LogP contribution < -0.4 is 9.62 Å². The monoisotopic (exact) mass is 374 g/mol. The van der Waals surface area contributed by atoms with Gasteiger partial charge < -0.3 is 4.90 Å². The molecule has 0 aliphatic heterocycles. The van der Waals surface area contributed by atoms with Gasteiger partial charge in [0.05, 0.1) is 17.3 Å². The maximum atomic E-state index is 12.4. The SMILES string of the molecule is Cc1cc(S(=O)(=O)NCc2ccnc(N(C)C)n2)c(Cl)cc1Cl. The summed E-state index contributed by atoms with van der Waals surface area (Å²) in [7, 11) is -0.166. The Morgan fingerprint density at radius 2 is 1.91 bits per heavy atom. The summed E-state index contributed by atoms with van der Waals surface area (Å²) < 4.78 is 27.3. The molecule has 2 rings (SSSR count). The van der Waals surface area contributed by atoms with Crippen LogP contribution in [-0.4, -0.2) is 32.5 Å². The molecule has 1 aromatic carbocycles. The standard InChI is InChI=1S/C14H16Cl2N4O2S/c1-9-6-13(12(16)7-11(9)15)23(21,22)18-8-10-4-5-17-14(19-10)20(2)3/h4-7,18H,8H2,1-3H3. The first kappa shape index (κ1) is 17.9. The Labute approximate surface area is 145 Å². The molecule has 0 saturated carbocycles. The van der Waals surface area contributed by atoms with Crippen LogP contribution in [0.2, 0.25) is 10.0 Å². The Morgan fingerprint density at radius 3 is 2.57 bits per heavy atom. The number of aryl methyl sites for hydroxylation is 1. The molecule has 0 bridgehead atoms. The van der Waals surface area contributed by atoms with E-state index in [2.05, 4.69) is 14.7 Å². The Hall–Kier alpha value is -1.41. The lowest BCUT2D eigenvalue weighted by Crippen LogP contribution is -2.24. The molecule has 124 valence electrons. The van der Waals surface area contributed by atoms with Crippen LogP contribution >= 0.6 is 23.2 Å². The number of nitrogens with zero attached hydrogens (tertiary/aromatic N) is 3. The van der Waals surface area contributed by atoms with Crippen molar-refractivity contribution in [1.29, 1.82) is 0 Å². The molecule has 0 radical (unpaired) electrons. The molecular weight excluding hydrogens is 359 g/mol. The highest BCUT2D eigenvalue weighted by Gasteiger charge is 2.19. The van der Waals surface area contributed by atoms with Crippen LogP contribution in [0.5, 0.6) is 0 Å². The average molecular weight is 375 g/mol. The summed E-state index contributed by atoms with van der Waals surface area (Å²) in [6, 6.07) is 4.50. The second kappa shape index (κ2) is 7.00. The van der Waals surface area contributed by atoms with Gasteiger partial charge in [-0.2, -0.15) is 0 Å². The largest absolute Gasteiger partial charge is 0.347 e. The van der Waals surface area contributed by atoms with Crippen LogP contribution in [0.4, 0.5) is 5.95 Å². The van der Waals surface area contributed by atoms with Crippen LogP contribution in [0.15, 0.2) is 29.3 Å². The highest BCUT2D eigenvalue weighted by molar-refractivity contribution is 7.89. The van der Waals surface area contributed by atoms with Crippen molar-refractivity contribution in [2.75, 3.05) is 19.0 Å². The fourth-order valence-electron chi connectivity index (χ4n) is 1.78. The Kier molecular flexibility index (Phi) is 5.46. The van der Waals surface area contributed by atoms with Gasteiger partial charge in [0.1, 0.15) is 4.90 Å². The molecule has 1 aromatic heterocycles. The van der Waals surface area contributed by atoms with E-state index in [4.69, 9.17) is 23.2 Å². The molecule has 2 aromatic rings. The normalized spacial score (nSPS) is 11.5. The first-order valence-electron chi connectivity index (χ1n) is 6.65. The fraction of sp³-hybridized carbons (Fsp3) is 0.286. The van der Waals surface area contributed by atoms with Crippen molar-refractivity contribution in [2.45, 2.75) is 18.4 Å². The van der Waals surface area contributed by atoms with Crippen molar-refractivity contribution in [3.63, 3.8) is 0 Å². The molecule has 1 N–H and O–H groups in total. The van der Waals surface area contributed by atoms with Crippen LogP contribution in [0.3, 0.4) is 0 Å². The Balaban J connectivity index is 2.23. The van der Waals surface area contributed by atoms with Crippen molar-refractivity contribution in [1.82, 2.24) is 14.7 Å². The number of aromatic nitrogens is 2. The third-order valence-corrected chi connectivity index (χ3v) is 5.32. The van der Waals surface area contributed by atoms with Crippen molar-refractivity contribution in [2.24, 2.45) is 0 Å². The van der Waals surface area contributed by atoms with E-state index < -0.39 is 10.0 Å². The predicted octanol–water partition coefficient (Wildman–Crippen LogP) is 2.64. The first-order valence-corrected chi connectivity index (χ1v) is 8.89. The molecular formula is C14H16Cl2N4O2S. The molecule has 0 saturated heterocycles. The number of benzene rings is 1. The van der Waals surface area contributed by atoms with Gasteiger partial charge in [-0.05, 0) is 30.7 Å². The number of hydrogen-bond donors (Lipinski definition) is 1. The lowest BCUT2D eigenvalue weighted by molar-refractivity contribution is 0.580. The summed E-state index contributed by atoms with van der Waals surface area (Å²) in [6.07, 6.45) is 1.57. The van der Waals surface area contributed by atoms with Gasteiger partial charge in [0.25, 0.3) is 0 Å². The molecule has 23 heavy (non-hydrogen) atoms. The van der Waals surface area contributed by atoms with Crippen LogP contribution in [0.25, 0.3) is 0 Å². The van der Waals surface area contributed by atoms with E-state index in [-0.39, 0.29) is 16.5 Å². The van der Waals surface area contributed by atoms with Gasteiger partial charge in [-0.15, -0.1) is 0 Å². The third-order valence-electron chi connectivity index (χ3n) is 3.05. The van der Waals surface area contributed by atoms with E-state index in [0.717, 1.165) is 0 Å². The molecule has 0 unspecified atom stereocenters. The van der Waals surface area contributed by atoms with Gasteiger partial charge in [-0.3, -0.25) is 0 Å². The number of rotatable bonds is 5. The zero-order valence-electron chi connectivity index (χ0n) is 12.8. The minimum absolute atomic E-state index is 0.0112. The predicted molar refractivity (Wildman–Crippen MR) is 91.6 cm³/mol. The molecule has 9 heteroatoms. The zero-order valence-corrected chi connectivity index (χ0v) is 15.2. The van der Waals surface area contributed by atoms with Crippen LogP contribution in [0, 0.1) is 6.92 Å². The van der Waals surface area contributed by atoms with Gasteiger partial charge in [0.2, 0.25) is 16.0 Å². The topological polar surface area (TPSA) is 75.2 Å². The Bertz CT molecular complexity index is 826. The van der Waals surface area contributed by atoms with Gasteiger partial charge in [-0.1, -0.05) is 23.2 Å². The summed E-state index contributed by atoms with van der Waals surface area (Å²) in [6.45, 7) is 1.75. The molecule has 0 aliphatic carbocycles. The van der Waals surface area contributed by atoms with E-state index in [0.29, 0.717) is 22.2 Å². The summed E-state index contributed by atoms with van der Waals surface area (Å²) in [5, 5.41) is 0.491. The van der Waals surface area contributed by atoms with Gasteiger partial charge in [0.15, 0.2) is 0 Å². The van der Waals surface area contributed by atoms with Crippen molar-refractivity contribution >= 4 is 39.2 Å². The highest BCUT2D eigenvalue weighted by Crippen LogP contribution is 2.28. The fourth-order valence-corrected chi connectivity index (χ4v) is 3.61. The summed E-state index contributed by atoms with van der Waals surface area (Å²) in [5.74, 6) is 0.502. The summed E-state index contributed by atoms with van der Waals surface area (Å²) in [5.41, 5.74) is 1.18. The molecule has 0 aliphatic rings. The first-order chi connectivity index (χ1) is 10.7. The van der Waals surface area contributed by atoms with Gasteiger partial charge >= 0.3 is 0 Å². The van der Waals surface area contributed by atoms with Crippen LogP contribution in [0.1, 0.15) is 11.3 Å². The number of halogens is 2. The van der Waals surface area contributed by atoms with Crippen molar-refractivity contribution in [3.05, 3.63) is 45.7 Å². The van der Waals surface area contributed by atoms with E-state index in [1.54, 1.807) is 38.2 Å². The summed E-state index contributed by atoms with van der Waals surface area (Å²) in [4.78, 5) is 10.1. The quantitative estimate of drug-likeness (QED) is 0.870. The molecule has 6 nitrogen and oxygen atoms in total. The molecule has 0 spiro atoms. The molecule has 0 atom stereocenters. The number of hydrogen-bond acceptors (Lipinski definition) is 5. The van der Waals surface area contributed by atoms with E-state index in [1.165, 1.54) is 12.1 Å². The second-order valence-electron chi connectivity index (χ2n) is 5.10. The Morgan fingerprint density at radius 1 is 1.22 bits per heavy atom. The molecule has 0 amide bonds. The zero-order chi connectivity index (χ0) is 17.2. The number of anilines is 1. The average Bonchev–Trinajstić information content (AvgIpc) is 2.49. The maximum Gasteiger partial charge on any atom is 0.242 e. The lowest BCUT2D eigenvalue weighted by atomic mass is 10.2. The van der Waals surface area contributed by atoms with Crippen molar-refractivity contribution < 1.29 is 8.42 Å². The van der Waals surface area contributed by atoms with E-state index in [9.17, 15) is 8.42 Å². The minimum Gasteiger partial charge on any atom is -0.347 e. The maximum absolute atomic E-state index is 12.4. The highest BCUT2D eigenvalue weighted by atomic mass is 35.5. The van der Waals surface area contributed by atoms with Gasteiger partial charge in [0, 0.05) is 25.3 Å².